The Balaban J connectivity index is 2.14. The molecule has 2 aromatic rings. The molecule has 1 amide bonds. The lowest BCUT2D eigenvalue weighted by Gasteiger charge is -2.12. The van der Waals surface area contributed by atoms with E-state index in [2.05, 4.69) is 10.5 Å². The van der Waals surface area contributed by atoms with Crippen LogP contribution >= 0.6 is 0 Å². The average Bonchev–Trinajstić information content (AvgIpc) is 3.00. The van der Waals surface area contributed by atoms with Gasteiger partial charge in [0, 0.05) is 18.5 Å². The maximum Gasteiger partial charge on any atom is 0.437 e. The molecule has 1 aromatic heterocycles. The number of benzene rings is 1. The van der Waals surface area contributed by atoms with E-state index in [4.69, 9.17) is 9.26 Å². The minimum atomic E-state index is -4.56. The molecule has 0 unspecified atom stereocenters. The third-order valence-electron chi connectivity index (χ3n) is 3.69. The van der Waals surface area contributed by atoms with Gasteiger partial charge in [-0.3, -0.25) is 4.79 Å². The van der Waals surface area contributed by atoms with Gasteiger partial charge in [-0.05, 0) is 25.0 Å². The number of aryl methyl sites for hydroxylation is 1. The summed E-state index contributed by atoms with van der Waals surface area (Å²) in [7, 11) is 0. The molecule has 0 fully saturated rings. The lowest BCUT2D eigenvalue weighted by atomic mass is 10.0. The summed E-state index contributed by atoms with van der Waals surface area (Å²) in [6, 6.07) is 2.84. The Morgan fingerprint density at radius 3 is 2.72 bits per heavy atom. The SMILES string of the molecule is CCCc1c(OCCCNC(=O)CC)ccc2c(C(F)(F)F)noc12. The van der Waals surface area contributed by atoms with Crippen molar-refractivity contribution in [1.29, 1.82) is 0 Å². The Bertz CT molecular complexity index is 726. The average molecular weight is 358 g/mol. The minimum Gasteiger partial charge on any atom is -0.493 e. The number of ether oxygens (including phenoxy) is 1. The van der Waals surface area contributed by atoms with Crippen LogP contribution in [0.15, 0.2) is 16.7 Å². The molecule has 1 heterocycles. The normalized spacial score (nSPS) is 11.7. The molecule has 0 spiro atoms. The largest absolute Gasteiger partial charge is 0.493 e. The molecular formula is C17H21F3N2O3. The second kappa shape index (κ2) is 8.22. The Kier molecular flexibility index (Phi) is 6.27. The minimum absolute atomic E-state index is 0.0329. The molecule has 0 atom stereocenters. The molecule has 138 valence electrons. The van der Waals surface area contributed by atoms with E-state index in [1.54, 1.807) is 6.92 Å². The van der Waals surface area contributed by atoms with Crippen LogP contribution in [0.2, 0.25) is 0 Å². The van der Waals surface area contributed by atoms with Gasteiger partial charge in [0.1, 0.15) is 5.75 Å². The Hall–Kier alpha value is -2.25. The first-order valence-electron chi connectivity index (χ1n) is 8.26. The number of carbonyl (C=O) groups is 1. The van der Waals surface area contributed by atoms with Crippen LogP contribution in [0.5, 0.6) is 5.75 Å². The molecule has 0 aliphatic carbocycles. The maximum absolute atomic E-state index is 13.0. The highest BCUT2D eigenvalue weighted by molar-refractivity contribution is 5.85. The molecule has 5 nitrogen and oxygen atoms in total. The monoisotopic (exact) mass is 358 g/mol. The fraction of sp³-hybridized carbons (Fsp3) is 0.529. The molecule has 0 saturated heterocycles. The van der Waals surface area contributed by atoms with Crippen molar-refractivity contribution in [1.82, 2.24) is 10.5 Å². The van der Waals surface area contributed by atoms with Gasteiger partial charge in [-0.1, -0.05) is 25.4 Å². The van der Waals surface area contributed by atoms with Gasteiger partial charge in [-0.25, -0.2) is 0 Å². The van der Waals surface area contributed by atoms with Crippen molar-refractivity contribution in [2.75, 3.05) is 13.2 Å². The summed E-state index contributed by atoms with van der Waals surface area (Å²) >= 11 is 0. The quantitative estimate of drug-likeness (QED) is 0.722. The van der Waals surface area contributed by atoms with Crippen LogP contribution in [0.1, 0.15) is 44.4 Å². The summed E-state index contributed by atoms with van der Waals surface area (Å²) in [4.78, 5) is 11.2. The van der Waals surface area contributed by atoms with Crippen LogP contribution in [-0.4, -0.2) is 24.2 Å². The second-order valence-electron chi connectivity index (χ2n) is 5.60. The summed E-state index contributed by atoms with van der Waals surface area (Å²) in [5, 5.41) is 5.86. The predicted octanol–water partition coefficient (Wildman–Crippen LogP) is 4.09. The number of hydrogen-bond donors (Lipinski definition) is 1. The molecule has 1 aromatic carbocycles. The number of amides is 1. The molecule has 0 aliphatic heterocycles. The number of hydrogen-bond acceptors (Lipinski definition) is 4. The third kappa shape index (κ3) is 4.64. The smallest absolute Gasteiger partial charge is 0.437 e. The Morgan fingerprint density at radius 2 is 2.08 bits per heavy atom. The van der Waals surface area contributed by atoms with E-state index in [-0.39, 0.29) is 16.9 Å². The molecule has 8 heteroatoms. The number of halogens is 3. The fourth-order valence-electron chi connectivity index (χ4n) is 2.47. The highest BCUT2D eigenvalue weighted by atomic mass is 19.4. The van der Waals surface area contributed by atoms with Crippen LogP contribution in [0.25, 0.3) is 11.0 Å². The zero-order valence-corrected chi connectivity index (χ0v) is 14.2. The molecule has 0 radical (unpaired) electrons. The van der Waals surface area contributed by atoms with Gasteiger partial charge in [0.2, 0.25) is 5.91 Å². The third-order valence-corrected chi connectivity index (χ3v) is 3.69. The van der Waals surface area contributed by atoms with Crippen molar-refractivity contribution in [3.05, 3.63) is 23.4 Å². The first-order chi connectivity index (χ1) is 11.9. The van der Waals surface area contributed by atoms with E-state index in [9.17, 15) is 18.0 Å². The van der Waals surface area contributed by atoms with Crippen LogP contribution in [0.4, 0.5) is 13.2 Å². The number of alkyl halides is 3. The Morgan fingerprint density at radius 1 is 1.32 bits per heavy atom. The summed E-state index contributed by atoms with van der Waals surface area (Å²) < 4.78 is 49.5. The van der Waals surface area contributed by atoms with E-state index in [1.807, 2.05) is 6.92 Å². The van der Waals surface area contributed by atoms with Gasteiger partial charge < -0.3 is 14.6 Å². The number of fused-ring (bicyclic) bond motifs is 1. The highest BCUT2D eigenvalue weighted by Gasteiger charge is 2.37. The Labute approximate surface area is 143 Å². The first-order valence-corrected chi connectivity index (χ1v) is 8.26. The van der Waals surface area contributed by atoms with Crippen molar-refractivity contribution in [3.8, 4) is 5.75 Å². The first kappa shape index (κ1) is 19.1. The molecule has 0 bridgehead atoms. The zero-order valence-electron chi connectivity index (χ0n) is 14.2. The van der Waals surface area contributed by atoms with Crippen LogP contribution in [0, 0.1) is 0 Å². The summed E-state index contributed by atoms with van der Waals surface area (Å²) in [5.41, 5.74) is -0.319. The van der Waals surface area contributed by atoms with Gasteiger partial charge in [0.25, 0.3) is 0 Å². The standard InChI is InChI=1S/C17H21F3N2O3/c1-3-6-11-13(24-10-5-9-21-14(23)4-2)8-7-12-15(11)25-22-16(12)17(18,19)20/h7-8H,3-6,9-10H2,1-2H3,(H,21,23). The van der Waals surface area contributed by atoms with Gasteiger partial charge >= 0.3 is 6.18 Å². The lowest BCUT2D eigenvalue weighted by molar-refractivity contribution is -0.141. The molecule has 1 N–H and O–H groups in total. The van der Waals surface area contributed by atoms with E-state index in [0.717, 1.165) is 6.42 Å². The predicted molar refractivity (Wildman–Crippen MR) is 86.4 cm³/mol. The van der Waals surface area contributed by atoms with Crippen molar-refractivity contribution >= 4 is 16.9 Å². The molecule has 2 rings (SSSR count). The van der Waals surface area contributed by atoms with E-state index in [1.165, 1.54) is 12.1 Å². The maximum atomic E-state index is 13.0. The van der Waals surface area contributed by atoms with E-state index >= 15 is 0 Å². The molecular weight excluding hydrogens is 337 g/mol. The number of nitrogens with one attached hydrogen (secondary N) is 1. The number of aromatic nitrogens is 1. The molecule has 0 saturated carbocycles. The number of nitrogens with zero attached hydrogens (tertiary/aromatic N) is 1. The molecule has 0 aliphatic rings. The van der Waals surface area contributed by atoms with Crippen LogP contribution in [-0.2, 0) is 17.4 Å². The fourth-order valence-corrected chi connectivity index (χ4v) is 2.47. The van der Waals surface area contributed by atoms with Crippen molar-refractivity contribution in [2.45, 2.75) is 45.7 Å². The summed E-state index contributed by atoms with van der Waals surface area (Å²) in [6.07, 6.45) is -2.30. The van der Waals surface area contributed by atoms with E-state index < -0.39 is 11.9 Å². The lowest BCUT2D eigenvalue weighted by Crippen LogP contribution is -2.24. The van der Waals surface area contributed by atoms with Crippen LogP contribution in [0.3, 0.4) is 0 Å². The van der Waals surface area contributed by atoms with Gasteiger partial charge in [0.05, 0.1) is 12.0 Å². The number of rotatable bonds is 8. The summed E-state index contributed by atoms with van der Waals surface area (Å²) in [5.74, 6) is 0.454. The van der Waals surface area contributed by atoms with Crippen LogP contribution < -0.4 is 10.1 Å². The topological polar surface area (TPSA) is 64.4 Å². The highest BCUT2D eigenvalue weighted by Crippen LogP contribution is 2.38. The van der Waals surface area contributed by atoms with Gasteiger partial charge in [-0.15, -0.1) is 0 Å². The van der Waals surface area contributed by atoms with Crippen molar-refractivity contribution in [2.24, 2.45) is 0 Å². The van der Waals surface area contributed by atoms with E-state index in [0.29, 0.717) is 43.7 Å². The van der Waals surface area contributed by atoms with Gasteiger partial charge in [-0.2, -0.15) is 13.2 Å². The second-order valence-corrected chi connectivity index (χ2v) is 5.60. The molecule has 25 heavy (non-hydrogen) atoms. The summed E-state index contributed by atoms with van der Waals surface area (Å²) in [6.45, 7) is 4.51. The van der Waals surface area contributed by atoms with Crippen molar-refractivity contribution < 1.29 is 27.2 Å². The van der Waals surface area contributed by atoms with Crippen molar-refractivity contribution in [3.63, 3.8) is 0 Å². The zero-order chi connectivity index (χ0) is 18.4. The van der Waals surface area contributed by atoms with Gasteiger partial charge in [0.15, 0.2) is 11.3 Å². The number of carbonyl (C=O) groups excluding carboxylic acids is 1.